The van der Waals surface area contributed by atoms with Gasteiger partial charge in [-0.3, -0.25) is 0 Å². The lowest BCUT2D eigenvalue weighted by Crippen LogP contribution is -2.19. The van der Waals surface area contributed by atoms with Gasteiger partial charge in [-0.2, -0.15) is 8.78 Å². The molecule has 0 aliphatic carbocycles. The molecule has 0 N–H and O–H groups in total. The van der Waals surface area contributed by atoms with Crippen LogP contribution in [-0.2, 0) is 4.74 Å². The van der Waals surface area contributed by atoms with Crippen LogP contribution in [0, 0.1) is 0 Å². The average Bonchev–Trinajstić information content (AvgIpc) is 2.26. The summed E-state index contributed by atoms with van der Waals surface area (Å²) in [5.41, 5.74) is 0.191. The lowest BCUT2D eigenvalue weighted by molar-refractivity contribution is -0.159. The first-order chi connectivity index (χ1) is 7.87. The summed E-state index contributed by atoms with van der Waals surface area (Å²) in [7, 11) is 2.51. The summed E-state index contributed by atoms with van der Waals surface area (Å²) in [6, 6.07) is 3.81. The molecule has 0 fully saturated rings. The zero-order chi connectivity index (χ0) is 13.1. The lowest BCUT2D eigenvalue weighted by atomic mass is 10.2. The van der Waals surface area contributed by atoms with Crippen molar-refractivity contribution in [3.63, 3.8) is 0 Å². The van der Waals surface area contributed by atoms with Gasteiger partial charge in [-0.25, -0.2) is 4.79 Å². The van der Waals surface area contributed by atoms with Gasteiger partial charge in [0.15, 0.2) is 11.5 Å². The predicted octanol–water partition coefficient (Wildman–Crippen LogP) is 2.47. The normalized spacial score (nSPS) is 10.9. The SMILES string of the molecule is COC(=O)c1ccc(OC(C)(F)F)c(OC)c1. The van der Waals surface area contributed by atoms with Crippen LogP contribution in [0.25, 0.3) is 0 Å². The van der Waals surface area contributed by atoms with E-state index in [1.165, 1.54) is 32.4 Å². The Morgan fingerprint density at radius 1 is 1.24 bits per heavy atom. The van der Waals surface area contributed by atoms with Crippen LogP contribution in [0.5, 0.6) is 11.5 Å². The van der Waals surface area contributed by atoms with Gasteiger partial charge < -0.3 is 14.2 Å². The quantitative estimate of drug-likeness (QED) is 0.765. The second kappa shape index (κ2) is 4.99. The van der Waals surface area contributed by atoms with Gasteiger partial charge in [-0.1, -0.05) is 0 Å². The molecule has 0 aromatic heterocycles. The van der Waals surface area contributed by atoms with Crippen LogP contribution >= 0.6 is 0 Å². The first-order valence-corrected chi connectivity index (χ1v) is 4.70. The minimum atomic E-state index is -3.32. The van der Waals surface area contributed by atoms with E-state index in [2.05, 4.69) is 9.47 Å². The molecule has 6 heteroatoms. The number of rotatable bonds is 4. The summed E-state index contributed by atoms with van der Waals surface area (Å²) in [5.74, 6) is -0.694. The molecule has 0 aliphatic heterocycles. The van der Waals surface area contributed by atoms with Gasteiger partial charge in [-0.15, -0.1) is 0 Å². The third kappa shape index (κ3) is 3.58. The van der Waals surface area contributed by atoms with Crippen LogP contribution in [-0.4, -0.2) is 26.3 Å². The van der Waals surface area contributed by atoms with Gasteiger partial charge in [0.05, 0.1) is 19.8 Å². The first-order valence-electron chi connectivity index (χ1n) is 4.70. The van der Waals surface area contributed by atoms with Crippen LogP contribution in [0.15, 0.2) is 18.2 Å². The molecule has 17 heavy (non-hydrogen) atoms. The van der Waals surface area contributed by atoms with Crippen molar-refractivity contribution in [2.45, 2.75) is 13.0 Å². The molecule has 0 spiro atoms. The number of alkyl halides is 2. The van der Waals surface area contributed by atoms with Gasteiger partial charge in [0.1, 0.15) is 0 Å². The molecule has 0 bridgehead atoms. The van der Waals surface area contributed by atoms with Crippen LogP contribution < -0.4 is 9.47 Å². The molecular weight excluding hydrogens is 234 g/mol. The van der Waals surface area contributed by atoms with Crippen molar-refractivity contribution in [3.8, 4) is 11.5 Å². The second-order valence-corrected chi connectivity index (χ2v) is 3.27. The standard InChI is InChI=1S/C11H12F2O4/c1-11(12,13)17-8-5-4-7(10(14)16-3)6-9(8)15-2/h4-6H,1-3H3. The molecule has 0 unspecified atom stereocenters. The highest BCUT2D eigenvalue weighted by Gasteiger charge is 2.25. The minimum absolute atomic E-state index is 0.0365. The van der Waals surface area contributed by atoms with Gasteiger partial charge in [0.25, 0.3) is 0 Å². The monoisotopic (exact) mass is 246 g/mol. The van der Waals surface area contributed by atoms with E-state index < -0.39 is 12.1 Å². The van der Waals surface area contributed by atoms with Crippen molar-refractivity contribution in [1.82, 2.24) is 0 Å². The fourth-order valence-corrected chi connectivity index (χ4v) is 1.19. The van der Waals surface area contributed by atoms with Crippen molar-refractivity contribution in [2.75, 3.05) is 14.2 Å². The van der Waals surface area contributed by atoms with E-state index in [4.69, 9.17) is 4.74 Å². The summed E-state index contributed by atoms with van der Waals surface area (Å²) in [5, 5.41) is 0. The van der Waals surface area contributed by atoms with Crippen LogP contribution in [0.4, 0.5) is 8.78 Å². The lowest BCUT2D eigenvalue weighted by Gasteiger charge is -2.15. The van der Waals surface area contributed by atoms with Crippen molar-refractivity contribution < 1.29 is 27.8 Å². The molecule has 1 rings (SSSR count). The highest BCUT2D eigenvalue weighted by molar-refractivity contribution is 5.90. The van der Waals surface area contributed by atoms with E-state index in [9.17, 15) is 13.6 Å². The summed E-state index contributed by atoms with van der Waals surface area (Å²) in [6.45, 7) is 0.612. The van der Waals surface area contributed by atoms with Crippen LogP contribution in [0.2, 0.25) is 0 Å². The number of hydrogen-bond donors (Lipinski definition) is 0. The molecule has 94 valence electrons. The molecule has 0 saturated carbocycles. The fourth-order valence-electron chi connectivity index (χ4n) is 1.19. The Morgan fingerprint density at radius 2 is 1.88 bits per heavy atom. The topological polar surface area (TPSA) is 44.8 Å². The molecule has 0 aliphatic rings. The smallest absolute Gasteiger partial charge is 0.395 e. The highest BCUT2D eigenvalue weighted by atomic mass is 19.3. The summed E-state index contributed by atoms with van der Waals surface area (Å²) in [6.07, 6.45) is -3.32. The van der Waals surface area contributed by atoms with Crippen LogP contribution in [0.3, 0.4) is 0 Å². The van der Waals surface area contributed by atoms with Gasteiger partial charge in [-0.05, 0) is 18.2 Å². The molecule has 0 saturated heterocycles. The number of halogens is 2. The molecule has 1 aromatic rings. The number of carbonyl (C=O) groups excluding carboxylic acids is 1. The van der Waals surface area contributed by atoms with E-state index >= 15 is 0 Å². The Hall–Kier alpha value is -1.85. The van der Waals surface area contributed by atoms with Crippen molar-refractivity contribution in [3.05, 3.63) is 23.8 Å². The summed E-state index contributed by atoms with van der Waals surface area (Å²) < 4.78 is 39.1. The Kier molecular flexibility index (Phi) is 3.88. The highest BCUT2D eigenvalue weighted by Crippen LogP contribution is 2.32. The Labute approximate surface area is 97.1 Å². The van der Waals surface area contributed by atoms with Crippen molar-refractivity contribution in [2.24, 2.45) is 0 Å². The van der Waals surface area contributed by atoms with Gasteiger partial charge >= 0.3 is 12.1 Å². The molecule has 0 radical (unpaired) electrons. The average molecular weight is 246 g/mol. The maximum absolute atomic E-state index is 12.7. The third-order valence-electron chi connectivity index (χ3n) is 1.87. The Morgan fingerprint density at radius 3 is 2.35 bits per heavy atom. The molecule has 4 nitrogen and oxygen atoms in total. The number of ether oxygens (including phenoxy) is 3. The second-order valence-electron chi connectivity index (χ2n) is 3.27. The predicted molar refractivity (Wildman–Crippen MR) is 55.6 cm³/mol. The molecule has 0 atom stereocenters. The largest absolute Gasteiger partial charge is 0.493 e. The molecule has 1 aromatic carbocycles. The zero-order valence-corrected chi connectivity index (χ0v) is 9.62. The van der Waals surface area contributed by atoms with Crippen molar-refractivity contribution >= 4 is 5.97 Å². The van der Waals surface area contributed by atoms with Crippen molar-refractivity contribution in [1.29, 1.82) is 0 Å². The van der Waals surface area contributed by atoms with E-state index in [0.717, 1.165) is 0 Å². The fraction of sp³-hybridized carbons (Fsp3) is 0.364. The Balaban J connectivity index is 3.05. The minimum Gasteiger partial charge on any atom is -0.493 e. The van der Waals surface area contributed by atoms with E-state index in [1.807, 2.05) is 0 Å². The third-order valence-corrected chi connectivity index (χ3v) is 1.87. The molecular formula is C11H12F2O4. The van der Waals surface area contributed by atoms with Gasteiger partial charge in [0.2, 0.25) is 0 Å². The first kappa shape index (κ1) is 13.2. The number of esters is 1. The number of hydrogen-bond acceptors (Lipinski definition) is 4. The van der Waals surface area contributed by atoms with Crippen LogP contribution in [0.1, 0.15) is 17.3 Å². The molecule has 0 amide bonds. The van der Waals surface area contributed by atoms with E-state index in [0.29, 0.717) is 6.92 Å². The maximum Gasteiger partial charge on any atom is 0.395 e. The van der Waals surface area contributed by atoms with E-state index in [1.54, 1.807) is 0 Å². The number of benzene rings is 1. The summed E-state index contributed by atoms with van der Waals surface area (Å²) >= 11 is 0. The summed E-state index contributed by atoms with van der Waals surface area (Å²) in [4.78, 5) is 11.2. The van der Waals surface area contributed by atoms with Gasteiger partial charge in [0, 0.05) is 6.92 Å². The number of carbonyl (C=O) groups is 1. The maximum atomic E-state index is 12.7. The Bertz CT molecular complexity index is 412. The zero-order valence-electron chi connectivity index (χ0n) is 9.62. The molecule has 0 heterocycles. The number of methoxy groups -OCH3 is 2. The van der Waals surface area contributed by atoms with E-state index in [-0.39, 0.29) is 17.1 Å².